The van der Waals surface area contributed by atoms with Crippen LogP contribution < -0.4 is 16.4 Å². The van der Waals surface area contributed by atoms with Gasteiger partial charge >= 0.3 is 6.18 Å². The third kappa shape index (κ3) is 4.01. The lowest BCUT2D eigenvalue weighted by atomic mass is 10.1. The summed E-state index contributed by atoms with van der Waals surface area (Å²) >= 11 is 6.06. The van der Waals surface area contributed by atoms with E-state index in [0.29, 0.717) is 17.0 Å². The van der Waals surface area contributed by atoms with Crippen molar-refractivity contribution in [1.29, 1.82) is 0 Å². The van der Waals surface area contributed by atoms with Crippen LogP contribution in [0.5, 0.6) is 0 Å². The lowest BCUT2D eigenvalue weighted by Gasteiger charge is -2.15. The van der Waals surface area contributed by atoms with Crippen molar-refractivity contribution >= 4 is 62.0 Å². The van der Waals surface area contributed by atoms with Crippen molar-refractivity contribution in [1.82, 2.24) is 15.0 Å². The van der Waals surface area contributed by atoms with Gasteiger partial charge in [0.25, 0.3) is 0 Å². The van der Waals surface area contributed by atoms with Gasteiger partial charge in [-0.15, -0.1) is 0 Å². The minimum Gasteiger partial charge on any atom is -0.397 e. The fourth-order valence-corrected chi connectivity index (χ4v) is 3.88. The van der Waals surface area contributed by atoms with Crippen LogP contribution in [0.4, 0.5) is 41.9 Å². The van der Waals surface area contributed by atoms with Gasteiger partial charge in [-0.05, 0) is 30.3 Å². The second-order valence-electron chi connectivity index (χ2n) is 7.46. The highest BCUT2D eigenvalue weighted by molar-refractivity contribution is 6.33. The van der Waals surface area contributed by atoms with Crippen LogP contribution in [0.2, 0.25) is 5.02 Å². The van der Waals surface area contributed by atoms with Gasteiger partial charge in [-0.3, -0.25) is 4.98 Å². The first-order chi connectivity index (χ1) is 16.3. The Hall–Kier alpha value is -4.11. The second kappa shape index (κ2) is 8.35. The van der Waals surface area contributed by atoms with Gasteiger partial charge in [-0.1, -0.05) is 35.9 Å². The van der Waals surface area contributed by atoms with Crippen molar-refractivity contribution in [2.75, 3.05) is 16.4 Å². The normalized spacial score (nSPS) is 11.6. The molecular weight excluding hydrogens is 465 g/mol. The molecule has 0 saturated heterocycles. The average molecular weight is 481 g/mol. The molecule has 0 radical (unpaired) electrons. The summed E-state index contributed by atoms with van der Waals surface area (Å²) in [6.07, 6.45) is -0.530. The molecule has 0 unspecified atom stereocenters. The summed E-state index contributed by atoms with van der Waals surface area (Å²) in [4.78, 5) is 12.5. The van der Waals surface area contributed by atoms with E-state index in [9.17, 15) is 13.2 Å². The fourth-order valence-electron chi connectivity index (χ4n) is 3.67. The Bertz CT molecular complexity index is 1540. The van der Waals surface area contributed by atoms with Gasteiger partial charge in [0.1, 0.15) is 11.6 Å². The fraction of sp³-hybridized carbons (Fsp3) is 0.0417. The number of nitrogens with one attached hydrogen (secondary N) is 2. The van der Waals surface area contributed by atoms with E-state index in [4.69, 9.17) is 17.3 Å². The molecule has 0 aliphatic carbocycles. The van der Waals surface area contributed by atoms with Gasteiger partial charge in [-0.25, -0.2) is 9.97 Å². The zero-order valence-electron chi connectivity index (χ0n) is 17.4. The van der Waals surface area contributed by atoms with Crippen molar-refractivity contribution < 1.29 is 13.2 Å². The van der Waals surface area contributed by atoms with Gasteiger partial charge in [0.05, 0.1) is 21.8 Å². The molecule has 34 heavy (non-hydrogen) atoms. The number of nitrogens with zero attached hydrogens (tertiary/aromatic N) is 3. The van der Waals surface area contributed by atoms with Crippen LogP contribution >= 0.6 is 11.6 Å². The molecule has 3 heterocycles. The number of pyridine rings is 3. The molecule has 5 aromatic rings. The van der Waals surface area contributed by atoms with E-state index in [1.165, 1.54) is 0 Å². The molecule has 0 atom stereocenters. The van der Waals surface area contributed by atoms with E-state index >= 15 is 0 Å². The first-order valence-electron chi connectivity index (χ1n) is 10.1. The predicted octanol–water partition coefficient (Wildman–Crippen LogP) is 6.92. The first kappa shape index (κ1) is 21.7. The molecule has 0 amide bonds. The number of anilines is 5. The predicted molar refractivity (Wildman–Crippen MR) is 129 cm³/mol. The molecule has 3 aromatic heterocycles. The van der Waals surface area contributed by atoms with E-state index in [-0.39, 0.29) is 10.8 Å². The van der Waals surface area contributed by atoms with Gasteiger partial charge in [0.2, 0.25) is 0 Å². The number of benzene rings is 2. The third-order valence-corrected chi connectivity index (χ3v) is 5.57. The number of nitrogen functional groups attached to an aromatic ring is 1. The van der Waals surface area contributed by atoms with Crippen LogP contribution in [0.3, 0.4) is 0 Å². The highest BCUT2D eigenvalue weighted by Gasteiger charge is 2.31. The summed E-state index contributed by atoms with van der Waals surface area (Å²) < 4.78 is 38.8. The Kier molecular flexibility index (Phi) is 5.33. The maximum absolute atomic E-state index is 12.9. The van der Waals surface area contributed by atoms with Crippen molar-refractivity contribution in [3.8, 4) is 0 Å². The quantitative estimate of drug-likeness (QED) is 0.242. The molecule has 0 bridgehead atoms. The van der Waals surface area contributed by atoms with E-state index < -0.39 is 11.7 Å². The SMILES string of the molecule is Nc1cccc2c(Nc3cccc4c(Nc5ncc(C(F)(F)F)cc5Cl)nccc34)ccnc12. The van der Waals surface area contributed by atoms with Crippen molar-refractivity contribution in [3.63, 3.8) is 0 Å². The smallest absolute Gasteiger partial charge is 0.397 e. The molecule has 5 rings (SSSR count). The van der Waals surface area contributed by atoms with Crippen LogP contribution in [-0.2, 0) is 6.18 Å². The minimum atomic E-state index is -4.53. The van der Waals surface area contributed by atoms with E-state index in [2.05, 4.69) is 25.6 Å². The van der Waals surface area contributed by atoms with E-state index in [1.807, 2.05) is 42.5 Å². The standard InChI is InChI=1S/C24H16ClF3N6/c25-17-11-13(24(26,27)28)12-32-23(17)34-22-15-3-2-6-19(14(15)7-9-31-22)33-20-8-10-30-21-16(20)4-1-5-18(21)29/h1-12H,29H2,(H,30,33)(H,31,32,34). The zero-order chi connectivity index (χ0) is 23.9. The highest BCUT2D eigenvalue weighted by Crippen LogP contribution is 2.36. The number of hydrogen-bond donors (Lipinski definition) is 3. The van der Waals surface area contributed by atoms with Crippen LogP contribution in [0.1, 0.15) is 5.56 Å². The molecule has 0 spiro atoms. The average Bonchev–Trinajstić information content (AvgIpc) is 2.81. The highest BCUT2D eigenvalue weighted by atomic mass is 35.5. The maximum Gasteiger partial charge on any atom is 0.417 e. The molecule has 0 aliphatic heterocycles. The van der Waals surface area contributed by atoms with Crippen LogP contribution in [0, 0.1) is 0 Å². The Morgan fingerprint density at radius 1 is 0.765 bits per heavy atom. The number of nitrogens with two attached hydrogens (primary N) is 1. The molecule has 0 saturated carbocycles. The number of rotatable bonds is 4. The molecular formula is C24H16ClF3N6. The van der Waals surface area contributed by atoms with Crippen molar-refractivity contribution in [2.24, 2.45) is 0 Å². The Balaban J connectivity index is 1.53. The number of fused-ring (bicyclic) bond motifs is 2. The monoisotopic (exact) mass is 480 g/mol. The van der Waals surface area contributed by atoms with Gasteiger partial charge < -0.3 is 16.4 Å². The Labute approximate surface area is 196 Å². The molecule has 2 aromatic carbocycles. The van der Waals surface area contributed by atoms with Crippen molar-refractivity contribution in [2.45, 2.75) is 6.18 Å². The minimum absolute atomic E-state index is 0.0728. The summed E-state index contributed by atoms with van der Waals surface area (Å²) in [5.41, 5.74) is 8.03. The number of para-hydroxylation sites is 1. The maximum atomic E-state index is 12.9. The molecule has 0 aliphatic rings. The number of hydrogen-bond acceptors (Lipinski definition) is 6. The molecule has 170 valence electrons. The summed E-state index contributed by atoms with van der Waals surface area (Å²) in [6, 6.07) is 15.7. The molecule has 0 fully saturated rings. The summed E-state index contributed by atoms with van der Waals surface area (Å²) in [5.74, 6) is 0.475. The lowest BCUT2D eigenvalue weighted by Crippen LogP contribution is -2.07. The zero-order valence-corrected chi connectivity index (χ0v) is 18.1. The first-order valence-corrected chi connectivity index (χ1v) is 10.5. The van der Waals surface area contributed by atoms with Crippen LogP contribution in [0.25, 0.3) is 21.7 Å². The lowest BCUT2D eigenvalue weighted by molar-refractivity contribution is -0.137. The molecule has 6 nitrogen and oxygen atoms in total. The van der Waals surface area contributed by atoms with Crippen LogP contribution in [0.15, 0.2) is 73.2 Å². The summed E-state index contributed by atoms with van der Waals surface area (Å²) in [5, 5.41) is 8.63. The number of aromatic nitrogens is 3. The Morgan fingerprint density at radius 2 is 1.50 bits per heavy atom. The molecule has 10 heteroatoms. The van der Waals surface area contributed by atoms with Crippen molar-refractivity contribution in [3.05, 3.63) is 83.8 Å². The number of alkyl halides is 3. The van der Waals surface area contributed by atoms with E-state index in [0.717, 1.165) is 39.8 Å². The van der Waals surface area contributed by atoms with Crippen LogP contribution in [-0.4, -0.2) is 15.0 Å². The van der Waals surface area contributed by atoms with Gasteiger partial charge in [-0.2, -0.15) is 13.2 Å². The van der Waals surface area contributed by atoms with Gasteiger partial charge in [0.15, 0.2) is 0 Å². The Morgan fingerprint density at radius 3 is 2.29 bits per heavy atom. The second-order valence-corrected chi connectivity index (χ2v) is 7.87. The molecule has 4 N–H and O–H groups in total. The topological polar surface area (TPSA) is 88.8 Å². The largest absolute Gasteiger partial charge is 0.417 e. The summed E-state index contributed by atoms with van der Waals surface area (Å²) in [6.45, 7) is 0. The summed E-state index contributed by atoms with van der Waals surface area (Å²) in [7, 11) is 0. The third-order valence-electron chi connectivity index (χ3n) is 5.28. The van der Waals surface area contributed by atoms with E-state index in [1.54, 1.807) is 18.5 Å². The van der Waals surface area contributed by atoms with Gasteiger partial charge in [0, 0.05) is 46.1 Å². The number of halogens is 4.